The van der Waals surface area contributed by atoms with Gasteiger partial charge in [-0.3, -0.25) is 24.5 Å². The molecule has 2 amide bonds. The van der Waals surface area contributed by atoms with Crippen molar-refractivity contribution < 1.29 is 9.59 Å². The zero-order valence-corrected chi connectivity index (χ0v) is 17.0. The molecule has 0 aliphatic carbocycles. The van der Waals surface area contributed by atoms with Crippen molar-refractivity contribution in [1.82, 2.24) is 24.7 Å². The highest BCUT2D eigenvalue weighted by Crippen LogP contribution is 2.44. The molecule has 0 spiro atoms. The van der Waals surface area contributed by atoms with Crippen LogP contribution in [0, 0.1) is 11.3 Å². The number of hydrogen-bond donors (Lipinski definition) is 0. The van der Waals surface area contributed by atoms with Crippen molar-refractivity contribution >= 4 is 11.8 Å². The Morgan fingerprint density at radius 3 is 2.38 bits per heavy atom. The maximum absolute atomic E-state index is 13.2. The standard InChI is InChI=1S/C22H27N5O2/c1-25(2)21(29)22-15-26(12-18-6-4-8-24-11-18)13-19(22)14-27(16-22)20(28)9-17-5-3-7-23-10-17/h3-8,10-11,19H,9,12-16H2,1-2H3/t19-,22-/m0/s1. The Hall–Kier alpha value is -2.80. The number of fused-ring (bicyclic) bond motifs is 1. The largest absolute Gasteiger partial charge is 0.348 e. The van der Waals surface area contributed by atoms with Gasteiger partial charge in [-0.25, -0.2) is 0 Å². The van der Waals surface area contributed by atoms with Gasteiger partial charge in [-0.15, -0.1) is 0 Å². The Morgan fingerprint density at radius 1 is 1.07 bits per heavy atom. The second-order valence-electron chi connectivity index (χ2n) is 8.40. The Labute approximate surface area is 171 Å². The van der Waals surface area contributed by atoms with E-state index in [-0.39, 0.29) is 17.7 Å². The molecule has 0 N–H and O–H groups in total. The average Bonchev–Trinajstić information content (AvgIpc) is 3.23. The summed E-state index contributed by atoms with van der Waals surface area (Å²) in [5.74, 6) is 0.330. The Bertz CT molecular complexity index is 873. The number of nitrogens with zero attached hydrogens (tertiary/aromatic N) is 5. The molecule has 7 heteroatoms. The highest BCUT2D eigenvalue weighted by atomic mass is 16.2. The topological polar surface area (TPSA) is 69.6 Å². The molecular weight excluding hydrogens is 366 g/mol. The van der Waals surface area contributed by atoms with E-state index in [4.69, 9.17) is 0 Å². The summed E-state index contributed by atoms with van der Waals surface area (Å²) in [5.41, 5.74) is 1.52. The van der Waals surface area contributed by atoms with Crippen molar-refractivity contribution in [3.8, 4) is 0 Å². The van der Waals surface area contributed by atoms with Gasteiger partial charge in [-0.2, -0.15) is 0 Å². The average molecular weight is 393 g/mol. The molecule has 2 atom stereocenters. The number of carbonyl (C=O) groups excluding carboxylic acids is 2. The van der Waals surface area contributed by atoms with Crippen molar-refractivity contribution in [2.45, 2.75) is 13.0 Å². The lowest BCUT2D eigenvalue weighted by Gasteiger charge is -2.31. The summed E-state index contributed by atoms with van der Waals surface area (Å²) < 4.78 is 0. The molecule has 2 aromatic heterocycles. The number of carbonyl (C=O) groups is 2. The van der Waals surface area contributed by atoms with E-state index < -0.39 is 5.41 Å². The molecule has 2 fully saturated rings. The summed E-state index contributed by atoms with van der Waals surface area (Å²) in [4.78, 5) is 40.3. The minimum Gasteiger partial charge on any atom is -0.348 e. The van der Waals surface area contributed by atoms with Gasteiger partial charge in [0.15, 0.2) is 0 Å². The van der Waals surface area contributed by atoms with Crippen molar-refractivity contribution in [3.05, 3.63) is 60.2 Å². The molecule has 2 saturated heterocycles. The molecule has 7 nitrogen and oxygen atoms in total. The number of hydrogen-bond acceptors (Lipinski definition) is 5. The van der Waals surface area contributed by atoms with Crippen LogP contribution in [0.5, 0.6) is 0 Å². The first-order chi connectivity index (χ1) is 14.0. The zero-order valence-electron chi connectivity index (χ0n) is 17.0. The lowest BCUT2D eigenvalue weighted by atomic mass is 9.80. The van der Waals surface area contributed by atoms with Gasteiger partial charge in [0.05, 0.1) is 11.8 Å². The Balaban J connectivity index is 1.49. The first kappa shape index (κ1) is 19.5. The van der Waals surface area contributed by atoms with Gasteiger partial charge >= 0.3 is 0 Å². The smallest absolute Gasteiger partial charge is 0.231 e. The summed E-state index contributed by atoms with van der Waals surface area (Å²) in [7, 11) is 3.61. The Morgan fingerprint density at radius 2 is 1.76 bits per heavy atom. The van der Waals surface area contributed by atoms with Gasteiger partial charge in [0.2, 0.25) is 11.8 Å². The fourth-order valence-corrected chi connectivity index (χ4v) is 4.77. The van der Waals surface area contributed by atoms with Gasteiger partial charge in [0, 0.05) is 77.5 Å². The number of pyridine rings is 2. The van der Waals surface area contributed by atoms with Crippen LogP contribution >= 0.6 is 0 Å². The van der Waals surface area contributed by atoms with Crippen LogP contribution in [-0.2, 0) is 22.6 Å². The monoisotopic (exact) mass is 393 g/mol. The van der Waals surface area contributed by atoms with Crippen molar-refractivity contribution in [2.24, 2.45) is 11.3 Å². The van der Waals surface area contributed by atoms with Crippen LogP contribution in [0.3, 0.4) is 0 Å². The fourth-order valence-electron chi connectivity index (χ4n) is 4.77. The maximum atomic E-state index is 13.2. The van der Waals surface area contributed by atoms with E-state index >= 15 is 0 Å². The van der Waals surface area contributed by atoms with Crippen LogP contribution in [0.25, 0.3) is 0 Å². The van der Waals surface area contributed by atoms with E-state index in [9.17, 15) is 9.59 Å². The first-order valence-corrected chi connectivity index (χ1v) is 9.97. The molecule has 29 heavy (non-hydrogen) atoms. The quantitative estimate of drug-likeness (QED) is 0.760. The van der Waals surface area contributed by atoms with E-state index in [0.717, 1.165) is 24.2 Å². The summed E-state index contributed by atoms with van der Waals surface area (Å²) in [6.45, 7) is 3.36. The summed E-state index contributed by atoms with van der Waals surface area (Å²) in [6.07, 6.45) is 7.40. The fraction of sp³-hybridized carbons (Fsp3) is 0.455. The molecule has 0 radical (unpaired) electrons. The number of rotatable bonds is 5. The van der Waals surface area contributed by atoms with E-state index in [0.29, 0.717) is 26.1 Å². The van der Waals surface area contributed by atoms with Crippen LogP contribution < -0.4 is 0 Å². The summed E-state index contributed by atoms with van der Waals surface area (Å²) >= 11 is 0. The molecule has 0 bridgehead atoms. The summed E-state index contributed by atoms with van der Waals surface area (Å²) in [6, 6.07) is 7.75. The predicted octanol–water partition coefficient (Wildman–Crippen LogP) is 1.07. The number of aromatic nitrogens is 2. The minimum absolute atomic E-state index is 0.0668. The van der Waals surface area contributed by atoms with Crippen LogP contribution in [0.15, 0.2) is 49.1 Å². The van der Waals surface area contributed by atoms with Crippen LogP contribution in [0.4, 0.5) is 0 Å². The molecule has 4 heterocycles. The van der Waals surface area contributed by atoms with E-state index in [1.165, 1.54) is 0 Å². The van der Waals surface area contributed by atoms with Crippen molar-refractivity contribution in [2.75, 3.05) is 40.3 Å². The lowest BCUT2D eigenvalue weighted by molar-refractivity contribution is -0.140. The number of likely N-dealkylation sites (tertiary alicyclic amines) is 2. The highest BCUT2D eigenvalue weighted by molar-refractivity contribution is 5.86. The molecule has 2 aliphatic rings. The van der Waals surface area contributed by atoms with Crippen molar-refractivity contribution in [3.63, 3.8) is 0 Å². The summed E-state index contributed by atoms with van der Waals surface area (Å²) in [5, 5.41) is 0. The second kappa shape index (κ2) is 7.91. The molecule has 0 unspecified atom stereocenters. The molecule has 0 saturated carbocycles. The predicted molar refractivity (Wildman–Crippen MR) is 109 cm³/mol. The molecule has 2 aromatic rings. The third kappa shape index (κ3) is 3.87. The van der Waals surface area contributed by atoms with E-state index in [1.54, 1.807) is 37.6 Å². The van der Waals surface area contributed by atoms with Crippen molar-refractivity contribution in [1.29, 1.82) is 0 Å². The van der Waals surface area contributed by atoms with Gasteiger partial charge < -0.3 is 9.80 Å². The van der Waals surface area contributed by atoms with Gasteiger partial charge in [-0.05, 0) is 23.3 Å². The number of amides is 2. The highest BCUT2D eigenvalue weighted by Gasteiger charge is 2.58. The normalized spacial score (nSPS) is 23.8. The molecule has 4 rings (SSSR count). The minimum atomic E-state index is -0.531. The van der Waals surface area contributed by atoms with Crippen LogP contribution in [0.2, 0.25) is 0 Å². The third-order valence-corrected chi connectivity index (χ3v) is 6.07. The van der Waals surface area contributed by atoms with Crippen LogP contribution in [0.1, 0.15) is 11.1 Å². The second-order valence-corrected chi connectivity index (χ2v) is 8.40. The zero-order chi connectivity index (χ0) is 20.4. The lowest BCUT2D eigenvalue weighted by Crippen LogP contribution is -2.47. The molecular formula is C22H27N5O2. The maximum Gasteiger partial charge on any atom is 0.231 e. The van der Waals surface area contributed by atoms with E-state index in [2.05, 4.69) is 20.9 Å². The molecule has 152 valence electrons. The third-order valence-electron chi connectivity index (χ3n) is 6.07. The van der Waals surface area contributed by atoms with E-state index in [1.807, 2.05) is 29.3 Å². The van der Waals surface area contributed by atoms with Gasteiger partial charge in [0.1, 0.15) is 0 Å². The first-order valence-electron chi connectivity index (χ1n) is 9.97. The Kier molecular flexibility index (Phi) is 5.32. The van der Waals surface area contributed by atoms with Crippen LogP contribution in [-0.4, -0.2) is 76.8 Å². The SMILES string of the molecule is CN(C)C(=O)[C@]12CN(Cc3cccnc3)C[C@H]1CN(C(=O)Cc1cccnc1)C2. The molecule has 0 aromatic carbocycles. The van der Waals surface area contributed by atoms with Gasteiger partial charge in [-0.1, -0.05) is 12.1 Å². The molecule has 2 aliphatic heterocycles. The van der Waals surface area contributed by atoms with Gasteiger partial charge in [0.25, 0.3) is 0 Å².